The fraction of sp³-hybridized carbons (Fsp3) is 0.474. The van der Waals surface area contributed by atoms with Crippen LogP contribution in [0.1, 0.15) is 64.7 Å². The molecule has 0 N–H and O–H groups in total. The number of hydrogen-bond donors (Lipinski definition) is 0. The molecule has 0 unspecified atom stereocenters. The van der Waals surface area contributed by atoms with Gasteiger partial charge >= 0.3 is 49.1 Å². The summed E-state index contributed by atoms with van der Waals surface area (Å²) in [4.78, 5) is 7.86. The molecule has 0 spiro atoms. The summed E-state index contributed by atoms with van der Waals surface area (Å²) in [6, 6.07) is 0. The molecule has 28 heavy (non-hydrogen) atoms. The molecule has 3 heterocycles. The third kappa shape index (κ3) is 5.99. The van der Waals surface area contributed by atoms with Gasteiger partial charge in [0.2, 0.25) is 11.8 Å². The predicted molar refractivity (Wildman–Crippen MR) is 126 cm³/mol. The zero-order valence-electron chi connectivity index (χ0n) is 16.5. The van der Waals surface area contributed by atoms with Gasteiger partial charge in [-0.25, -0.2) is 9.97 Å². The molecule has 0 fully saturated rings. The number of halogens is 3. The summed E-state index contributed by atoms with van der Waals surface area (Å²) < 4.78 is 11.2. The Labute approximate surface area is 200 Å². The van der Waals surface area contributed by atoms with Gasteiger partial charge in [0.25, 0.3) is 0 Å². The number of hydrogen-bond acceptors (Lipinski definition) is 4. The molecular weight excluding hydrogens is 650 g/mol. The molecule has 0 bridgehead atoms. The van der Waals surface area contributed by atoms with Crippen LogP contribution in [0, 0.1) is 0 Å². The van der Waals surface area contributed by atoms with E-state index in [1.165, 1.54) is 8.26 Å². The zero-order valence-corrected chi connectivity index (χ0v) is 22.6. The van der Waals surface area contributed by atoms with E-state index in [-0.39, 0.29) is 10.8 Å². The van der Waals surface area contributed by atoms with E-state index >= 15 is 0 Å². The van der Waals surface area contributed by atoms with Crippen LogP contribution in [0.25, 0.3) is 11.0 Å². The van der Waals surface area contributed by atoms with Gasteiger partial charge in [0.15, 0.2) is 0 Å². The quantitative estimate of drug-likeness (QED) is 0.189. The molecule has 2 aromatic heterocycles. The van der Waals surface area contributed by atoms with E-state index in [0.717, 1.165) is 11.4 Å². The van der Waals surface area contributed by atoms with Crippen molar-refractivity contribution >= 4 is 58.1 Å². The number of allylic oxidation sites excluding steroid dienone is 2. The number of oxazole rings is 2. The maximum atomic E-state index is 6.69. The molecule has 0 radical (unpaired) electrons. The molecule has 5 nitrogen and oxygen atoms in total. The monoisotopic (exact) mass is 673 g/mol. The van der Waals surface area contributed by atoms with Crippen LogP contribution in [-0.4, -0.2) is 9.97 Å². The maximum absolute atomic E-state index is 6.69. The minimum absolute atomic E-state index is 0.102. The molecule has 0 saturated heterocycles. The van der Waals surface area contributed by atoms with Gasteiger partial charge in [-0.15, -0.1) is 11.6 Å². The van der Waals surface area contributed by atoms with Crippen molar-refractivity contribution in [2.45, 2.75) is 57.4 Å². The minimum atomic E-state index is -1.20. The third-order valence-corrected chi connectivity index (χ3v) is 4.29. The van der Waals surface area contributed by atoms with Gasteiger partial charge in [-0.3, -0.25) is 0 Å². The summed E-state index contributed by atoms with van der Waals surface area (Å²) in [6.45, 7) is 12.4. The van der Waals surface area contributed by atoms with E-state index in [1.54, 1.807) is 18.6 Å². The van der Waals surface area contributed by atoms with Crippen LogP contribution in [-0.2, 0) is 24.1 Å². The van der Waals surface area contributed by atoms with Gasteiger partial charge in [-0.1, -0.05) is 65.5 Å². The predicted octanol–water partition coefficient (Wildman–Crippen LogP) is 7.40. The van der Waals surface area contributed by atoms with E-state index in [2.05, 4.69) is 97.7 Å². The second-order valence-corrected chi connectivity index (χ2v) is 17.7. The van der Waals surface area contributed by atoms with Gasteiger partial charge in [0, 0.05) is 10.8 Å². The molecule has 0 saturated carbocycles. The Hall–Kier alpha value is -0.0435. The molecule has 3 rings (SSSR count). The van der Waals surface area contributed by atoms with Crippen molar-refractivity contribution in [3.63, 3.8) is 0 Å². The molecule has 2 aromatic rings. The number of aromatic nitrogens is 2. The van der Waals surface area contributed by atoms with Crippen LogP contribution in [0.5, 0.6) is 0 Å². The molecule has 0 aromatic carbocycles. The fourth-order valence-electron chi connectivity index (χ4n) is 2.27. The molecule has 9 heteroatoms. The first kappa shape index (κ1) is 24.2. The van der Waals surface area contributed by atoms with Crippen molar-refractivity contribution in [3.05, 3.63) is 59.2 Å². The Morgan fingerprint density at radius 2 is 1.54 bits per heavy atom. The average Bonchev–Trinajstić information content (AvgIpc) is 3.25. The topological polar surface area (TPSA) is 66.2 Å². The van der Waals surface area contributed by atoms with E-state index < -0.39 is 5.00 Å². The summed E-state index contributed by atoms with van der Waals surface area (Å²) in [5.74, 6) is 0.769. The zero-order chi connectivity index (χ0) is 21.2. The Balaban J connectivity index is 0.000000878. The van der Waals surface area contributed by atoms with E-state index in [0.29, 0.717) is 17.5 Å². The molecule has 1 atom stereocenters. The van der Waals surface area contributed by atoms with Crippen LogP contribution in [0.4, 0.5) is 0 Å². The van der Waals surface area contributed by atoms with E-state index in [9.17, 15) is 0 Å². The van der Waals surface area contributed by atoms with Gasteiger partial charge in [-0.2, -0.15) is 0 Å². The molecule has 1 aliphatic heterocycles. The van der Waals surface area contributed by atoms with Gasteiger partial charge in [-0.05, 0) is 0 Å². The SMILES string of the molecule is CC(C)(C)c1coc(C2=CC=C[C@](Cl)(c3nc(C(C)(C)C)co3)[N-]2)n1.[I][Co+][I]. The number of alkyl halides is 1. The molecule has 0 aliphatic carbocycles. The van der Waals surface area contributed by atoms with Gasteiger partial charge < -0.3 is 14.2 Å². The van der Waals surface area contributed by atoms with Crippen LogP contribution >= 0.6 is 52.4 Å². The summed E-state index contributed by atoms with van der Waals surface area (Å²) in [6.07, 6.45) is 8.65. The standard InChI is InChI=1S/C19H23ClN3O2.Co.2HI/c1-17(2,3)13-10-24-15(21-13)12-8-7-9-19(20,23-12)16-22-14(11-25-16)18(4,5)6;;;/h7-11H,1-6H3;;2*1H/q-1;+3;;/p-2/t19-;;;/m1.../s1. The summed E-state index contributed by atoms with van der Waals surface area (Å²) in [5, 5.41) is 4.57. The molecule has 0 amide bonds. The van der Waals surface area contributed by atoms with Crippen molar-refractivity contribution < 1.29 is 17.1 Å². The first-order valence-electron chi connectivity index (χ1n) is 8.48. The van der Waals surface area contributed by atoms with Crippen molar-refractivity contribution in [1.82, 2.24) is 9.97 Å². The molecular formula is C19H23ClCoI2N3O2. The van der Waals surface area contributed by atoms with E-state index in [1.807, 2.05) is 12.2 Å². The fourth-order valence-corrected chi connectivity index (χ4v) is 2.52. The summed E-state index contributed by atoms with van der Waals surface area (Å²) >= 11 is 11.2. The summed E-state index contributed by atoms with van der Waals surface area (Å²) in [5.41, 5.74) is 2.02. The first-order valence-corrected chi connectivity index (χ1v) is 15.6. The second kappa shape index (κ2) is 9.40. The van der Waals surface area contributed by atoms with Crippen molar-refractivity contribution in [2.24, 2.45) is 0 Å². The van der Waals surface area contributed by atoms with Crippen molar-refractivity contribution in [1.29, 1.82) is 0 Å². The Kier molecular flexibility index (Phi) is 8.13. The number of nitrogens with zero attached hydrogens (tertiary/aromatic N) is 3. The Bertz CT molecular complexity index is 865. The van der Waals surface area contributed by atoms with Crippen LogP contribution in [0.15, 0.2) is 39.6 Å². The van der Waals surface area contributed by atoms with E-state index in [4.69, 9.17) is 20.4 Å². The van der Waals surface area contributed by atoms with Gasteiger partial charge in [0.05, 0.1) is 16.4 Å². The Morgan fingerprint density at radius 3 is 2.04 bits per heavy atom. The average molecular weight is 674 g/mol. The number of rotatable bonds is 2. The van der Waals surface area contributed by atoms with Crippen molar-refractivity contribution in [2.75, 3.05) is 0 Å². The van der Waals surface area contributed by atoms with Crippen molar-refractivity contribution in [3.8, 4) is 0 Å². The first-order chi connectivity index (χ1) is 12.9. The summed E-state index contributed by atoms with van der Waals surface area (Å²) in [7, 11) is 1.38. The van der Waals surface area contributed by atoms with Gasteiger partial charge in [0.1, 0.15) is 12.5 Å². The van der Waals surface area contributed by atoms with Crippen LogP contribution in [0.2, 0.25) is 0 Å². The molecule has 1 aliphatic rings. The molecule has 156 valence electrons. The Morgan fingerprint density at radius 1 is 1.00 bits per heavy atom. The van der Waals surface area contributed by atoms with Crippen LogP contribution in [0.3, 0.4) is 0 Å². The van der Waals surface area contributed by atoms with Crippen LogP contribution < -0.4 is 0 Å². The normalized spacial score (nSPS) is 19.7. The second-order valence-electron chi connectivity index (χ2n) is 8.32. The third-order valence-electron chi connectivity index (χ3n) is 3.92.